The van der Waals surface area contributed by atoms with Crippen LogP contribution in [0.15, 0.2) is 24.5 Å². The highest BCUT2D eigenvalue weighted by molar-refractivity contribution is 7.70. The van der Waals surface area contributed by atoms with Gasteiger partial charge in [-0.15, -0.1) is 5.10 Å². The van der Waals surface area contributed by atoms with Crippen molar-refractivity contribution in [3.05, 3.63) is 53.0 Å². The van der Waals surface area contributed by atoms with Crippen LogP contribution in [0.2, 0.25) is 5.28 Å². The second kappa shape index (κ2) is 29.5. The Hall–Kier alpha value is -3.88. The zero-order valence-corrected chi connectivity index (χ0v) is 44.4. The number of halogens is 4. The molecule has 1 spiro atoms. The van der Waals surface area contributed by atoms with Crippen molar-refractivity contribution in [3.63, 3.8) is 0 Å². The van der Waals surface area contributed by atoms with Crippen molar-refractivity contribution in [2.24, 2.45) is 0 Å². The SMILES string of the molecule is O=C(CCOCCOCCOCCOCCn1cc(COCCOCCOCCOCCN2CCN(c3nc(Cl)nc4c3cnn4[C@H]3C[C@H](O)C4(C[C@@H]4OP(=O)(O)CP(=O)(O)O)O3)CC2)nn1)Oc1c(F)cc(F)cc1F. The van der Waals surface area contributed by atoms with Crippen LogP contribution in [0.5, 0.6) is 5.75 Å². The van der Waals surface area contributed by atoms with E-state index in [0.29, 0.717) is 134 Å². The first-order valence-electron chi connectivity index (χ1n) is 24.6. The Balaban J connectivity index is 0.631. The number of anilines is 1. The van der Waals surface area contributed by atoms with Gasteiger partial charge in [-0.3, -0.25) is 18.8 Å². The lowest BCUT2D eigenvalue weighted by Gasteiger charge is -2.35. The summed E-state index contributed by atoms with van der Waals surface area (Å²) in [6, 6.07) is 0.834. The maximum Gasteiger partial charge on any atom is 0.340 e. The lowest BCUT2D eigenvalue weighted by molar-refractivity contribution is -0.136. The fourth-order valence-electron chi connectivity index (χ4n) is 8.15. The van der Waals surface area contributed by atoms with Crippen LogP contribution in [0.25, 0.3) is 11.0 Å². The first-order chi connectivity index (χ1) is 37.0. The molecule has 1 aromatic carbocycles. The molecule has 77 heavy (non-hydrogen) atoms. The fraction of sp³-hybridized carbons (Fsp3) is 0.682. The maximum absolute atomic E-state index is 13.6. The number of hydrogen-bond acceptors (Lipinski definition) is 22. The van der Waals surface area contributed by atoms with Crippen LogP contribution >= 0.6 is 26.8 Å². The lowest BCUT2D eigenvalue weighted by Crippen LogP contribution is -2.47. The minimum Gasteiger partial charge on any atom is -0.420 e. The molecule has 2 saturated heterocycles. The van der Waals surface area contributed by atoms with Crippen molar-refractivity contribution >= 4 is 49.6 Å². The minimum absolute atomic E-state index is 0.0101. The molecule has 4 aromatic rings. The highest BCUT2D eigenvalue weighted by Gasteiger charge is 2.68. The van der Waals surface area contributed by atoms with E-state index >= 15 is 0 Å². The zero-order valence-electron chi connectivity index (χ0n) is 41.9. The largest absolute Gasteiger partial charge is 0.420 e. The number of rotatable bonds is 36. The van der Waals surface area contributed by atoms with E-state index in [2.05, 4.69) is 39.9 Å². The summed E-state index contributed by atoms with van der Waals surface area (Å²) in [5.41, 5.74) is -0.291. The smallest absolute Gasteiger partial charge is 0.340 e. The Kier molecular flexibility index (Phi) is 23.3. The quantitative estimate of drug-likeness (QED) is 0.0167. The molecule has 0 amide bonds. The van der Waals surface area contributed by atoms with E-state index in [0.717, 1.165) is 19.6 Å². The van der Waals surface area contributed by atoms with Crippen molar-refractivity contribution in [1.29, 1.82) is 0 Å². The van der Waals surface area contributed by atoms with Gasteiger partial charge in [0.05, 0.1) is 143 Å². The zero-order chi connectivity index (χ0) is 54.8. The third-order valence-electron chi connectivity index (χ3n) is 12.0. The number of carbonyl (C=O) groups excluding carboxylic acids is 1. The molecule has 4 N–H and O–H groups in total. The predicted molar refractivity (Wildman–Crippen MR) is 261 cm³/mol. The number of esters is 1. The lowest BCUT2D eigenvalue weighted by atomic mass is 10.1. The molecule has 33 heteroatoms. The molecule has 0 bridgehead atoms. The van der Waals surface area contributed by atoms with Crippen molar-refractivity contribution < 1.29 is 98.8 Å². The normalized spacial score (nSPS) is 20.7. The summed E-state index contributed by atoms with van der Waals surface area (Å²) in [5, 5.41) is 24.1. The van der Waals surface area contributed by atoms with E-state index in [-0.39, 0.29) is 51.0 Å². The van der Waals surface area contributed by atoms with Crippen LogP contribution in [0.1, 0.15) is 31.2 Å². The third kappa shape index (κ3) is 19.1. The molecular weight excluding hydrogens is 1100 g/mol. The molecule has 3 aliphatic rings. The van der Waals surface area contributed by atoms with Crippen LogP contribution in [0, 0.1) is 17.5 Å². The molecule has 7 rings (SSSR count). The summed E-state index contributed by atoms with van der Waals surface area (Å²) < 4.78 is 127. The summed E-state index contributed by atoms with van der Waals surface area (Å²) in [6.07, 6.45) is 0.230. The van der Waals surface area contributed by atoms with Gasteiger partial charge in [0.2, 0.25) is 11.0 Å². The van der Waals surface area contributed by atoms with Gasteiger partial charge >= 0.3 is 21.2 Å². The molecule has 2 aliphatic heterocycles. The molecule has 5 atom stereocenters. The van der Waals surface area contributed by atoms with Crippen LogP contribution in [0.3, 0.4) is 0 Å². The van der Waals surface area contributed by atoms with Gasteiger partial charge in [-0.25, -0.2) is 22.5 Å². The Bertz CT molecular complexity index is 2580. The Morgan fingerprint density at radius 2 is 1.35 bits per heavy atom. The molecular formula is C44H63ClF3N9O18P2. The highest BCUT2D eigenvalue weighted by Crippen LogP contribution is 2.63. The summed E-state index contributed by atoms with van der Waals surface area (Å²) >= 11 is 6.39. The molecule has 430 valence electrons. The average molecular weight is 1160 g/mol. The molecule has 0 radical (unpaired) electrons. The van der Waals surface area contributed by atoms with E-state index in [1.807, 2.05) is 0 Å². The monoisotopic (exact) mass is 1160 g/mol. The van der Waals surface area contributed by atoms with Crippen LogP contribution in [-0.2, 0) is 74.2 Å². The van der Waals surface area contributed by atoms with Crippen molar-refractivity contribution in [2.75, 3.05) is 143 Å². The topological polar surface area (TPSA) is 314 Å². The molecule has 3 aromatic heterocycles. The standard InChI is InChI=1S/C44H63ClF3N9O18P2/c45-43-50-41(33-27-49-57(42(33)51-43)38-25-36(58)44(74-38)26-37(44)75-77(63,64)30-76(60,61)62)55-4-2-54(3-5-55)6-9-66-12-15-69-19-20-71-21-22-72-29-32-28-56(53-52-32)7-10-67-13-16-70-18-17-68-14-11-65-8-1-39(59)73-40-34(47)23-31(46)24-35(40)48/h23-24,27-28,36-38,58H,1-22,25-26,29-30H2,(H,63,64)(H2,60,61,62)/t36-,37-,38+,44?/m0/s1. The second-order valence-corrected chi connectivity index (χ2v) is 22.0. The van der Waals surface area contributed by atoms with E-state index in [4.69, 9.17) is 68.5 Å². The summed E-state index contributed by atoms with van der Waals surface area (Å²) in [5.74, 6) is -6.38. The van der Waals surface area contributed by atoms with Gasteiger partial charge < -0.3 is 76.6 Å². The van der Waals surface area contributed by atoms with E-state index in [1.165, 1.54) is 4.68 Å². The summed E-state index contributed by atoms with van der Waals surface area (Å²) in [4.78, 5) is 53.3. The van der Waals surface area contributed by atoms with Gasteiger partial charge in [-0.1, -0.05) is 5.21 Å². The highest BCUT2D eigenvalue weighted by atomic mass is 35.5. The van der Waals surface area contributed by atoms with E-state index < -0.39 is 74.3 Å². The number of nitrogens with zero attached hydrogens (tertiary/aromatic N) is 9. The molecule has 2 unspecified atom stereocenters. The fourth-order valence-corrected chi connectivity index (χ4v) is 11.1. The molecule has 1 aliphatic carbocycles. The molecule has 3 fully saturated rings. The Labute approximate surface area is 444 Å². The maximum atomic E-state index is 13.6. The van der Waals surface area contributed by atoms with Crippen LogP contribution in [0.4, 0.5) is 19.0 Å². The van der Waals surface area contributed by atoms with Gasteiger partial charge in [0.25, 0.3) is 0 Å². The average Bonchev–Trinajstić information content (AvgIpc) is 3.73. The number of aromatic nitrogens is 7. The first-order valence-corrected chi connectivity index (χ1v) is 28.6. The number of fused-ring (bicyclic) bond motifs is 1. The van der Waals surface area contributed by atoms with Gasteiger partial charge in [0.1, 0.15) is 29.0 Å². The van der Waals surface area contributed by atoms with Crippen molar-refractivity contribution in [2.45, 2.75) is 56.5 Å². The Morgan fingerprint density at radius 3 is 1.96 bits per heavy atom. The second-order valence-electron chi connectivity index (χ2n) is 17.7. The van der Waals surface area contributed by atoms with E-state index in [9.17, 15) is 37.1 Å². The number of ether oxygens (including phenoxy) is 10. The number of aliphatic hydroxyl groups is 1. The molecule has 1 saturated carbocycles. The van der Waals surface area contributed by atoms with Crippen molar-refractivity contribution in [1.82, 2.24) is 39.6 Å². The van der Waals surface area contributed by atoms with Crippen LogP contribution < -0.4 is 9.64 Å². The van der Waals surface area contributed by atoms with Gasteiger partial charge in [0.15, 0.2) is 29.4 Å². The number of benzene rings is 1. The first kappa shape index (κ1) is 60.8. The number of carbonyl (C=O) groups is 1. The van der Waals surface area contributed by atoms with Gasteiger partial charge in [0, 0.05) is 57.7 Å². The van der Waals surface area contributed by atoms with Crippen molar-refractivity contribution in [3.8, 4) is 5.75 Å². The van der Waals surface area contributed by atoms with E-state index in [1.54, 1.807) is 17.1 Å². The number of piperazine rings is 1. The van der Waals surface area contributed by atoms with Crippen LogP contribution in [-0.4, -0.2) is 221 Å². The number of hydrogen-bond donors (Lipinski definition) is 4. The summed E-state index contributed by atoms with van der Waals surface area (Å²) in [7, 11) is -9.49. The number of aliphatic hydroxyl groups excluding tert-OH is 1. The van der Waals surface area contributed by atoms with Gasteiger partial charge in [-0.05, 0) is 11.6 Å². The van der Waals surface area contributed by atoms with Gasteiger partial charge in [-0.2, -0.15) is 15.1 Å². The third-order valence-corrected chi connectivity index (χ3v) is 15.6. The Morgan fingerprint density at radius 1 is 0.779 bits per heavy atom. The predicted octanol–water partition coefficient (Wildman–Crippen LogP) is 2.07. The molecule has 5 heterocycles. The molecule has 27 nitrogen and oxygen atoms in total. The summed E-state index contributed by atoms with van der Waals surface area (Å²) in [6.45, 7) is 9.38. The minimum atomic E-state index is -4.83.